The lowest BCUT2D eigenvalue weighted by Gasteiger charge is -2.10. The molecule has 116 valence electrons. The number of nitrogens with zero attached hydrogens (tertiary/aromatic N) is 3. The molecule has 0 saturated carbocycles. The summed E-state index contributed by atoms with van der Waals surface area (Å²) in [6, 6.07) is 3.93. The lowest BCUT2D eigenvalue weighted by atomic mass is 10.0. The van der Waals surface area contributed by atoms with Crippen LogP contribution in [0.2, 0.25) is 0 Å². The molecular formula is C17H26ClN3. The van der Waals surface area contributed by atoms with Gasteiger partial charge in [-0.2, -0.15) is 0 Å². The quantitative estimate of drug-likeness (QED) is 0.487. The van der Waals surface area contributed by atoms with Gasteiger partial charge in [0.1, 0.15) is 11.3 Å². The van der Waals surface area contributed by atoms with Gasteiger partial charge in [0, 0.05) is 12.7 Å². The van der Waals surface area contributed by atoms with E-state index in [1.54, 1.807) is 0 Å². The molecule has 2 heterocycles. The Bertz CT molecular complexity index is 560. The van der Waals surface area contributed by atoms with E-state index in [0.717, 1.165) is 35.9 Å². The normalized spacial score (nSPS) is 13.2. The van der Waals surface area contributed by atoms with Gasteiger partial charge < -0.3 is 4.57 Å². The zero-order chi connectivity index (χ0) is 15.2. The van der Waals surface area contributed by atoms with Gasteiger partial charge in [0.2, 0.25) is 0 Å². The first-order valence-corrected chi connectivity index (χ1v) is 8.48. The highest BCUT2D eigenvalue weighted by Gasteiger charge is 2.15. The summed E-state index contributed by atoms with van der Waals surface area (Å²) < 4.78 is 2.19. The predicted molar refractivity (Wildman–Crippen MR) is 89.7 cm³/mol. The minimum Gasteiger partial charge on any atom is -0.311 e. The molecule has 0 N–H and O–H groups in total. The van der Waals surface area contributed by atoms with E-state index < -0.39 is 0 Å². The Labute approximate surface area is 132 Å². The Balaban J connectivity index is 1.96. The average molecular weight is 308 g/mol. The summed E-state index contributed by atoms with van der Waals surface area (Å²) in [4.78, 5) is 9.08. The number of aryl methyl sites for hydroxylation is 1. The largest absolute Gasteiger partial charge is 0.311 e. The highest BCUT2D eigenvalue weighted by atomic mass is 35.5. The van der Waals surface area contributed by atoms with Crippen LogP contribution in [0.15, 0.2) is 18.3 Å². The first-order valence-electron chi connectivity index (χ1n) is 8.04. The fraction of sp³-hybridized carbons (Fsp3) is 0.647. The first kappa shape index (κ1) is 16.3. The minimum atomic E-state index is -0.0832. The van der Waals surface area contributed by atoms with Crippen LogP contribution in [0.25, 0.3) is 11.2 Å². The number of hydrogen-bond acceptors (Lipinski definition) is 2. The fourth-order valence-corrected chi connectivity index (χ4v) is 2.84. The van der Waals surface area contributed by atoms with Crippen LogP contribution in [-0.2, 0) is 6.54 Å². The van der Waals surface area contributed by atoms with Crippen LogP contribution in [0.5, 0.6) is 0 Å². The summed E-state index contributed by atoms with van der Waals surface area (Å²) in [5, 5.41) is -0.0832. The van der Waals surface area contributed by atoms with Crippen molar-refractivity contribution in [1.82, 2.24) is 14.5 Å². The third-order valence-electron chi connectivity index (χ3n) is 3.80. The van der Waals surface area contributed by atoms with E-state index in [1.165, 1.54) is 25.7 Å². The van der Waals surface area contributed by atoms with Gasteiger partial charge in [0.15, 0.2) is 5.65 Å². The maximum Gasteiger partial charge on any atom is 0.160 e. The van der Waals surface area contributed by atoms with Crippen molar-refractivity contribution in [2.75, 3.05) is 0 Å². The molecule has 2 aromatic rings. The van der Waals surface area contributed by atoms with Gasteiger partial charge in [-0.05, 0) is 31.4 Å². The summed E-state index contributed by atoms with van der Waals surface area (Å²) in [5.41, 5.74) is 1.90. The molecule has 0 fully saturated rings. The Hall–Kier alpha value is -1.09. The molecule has 0 amide bonds. The van der Waals surface area contributed by atoms with Crippen LogP contribution in [0.3, 0.4) is 0 Å². The molecular weight excluding hydrogens is 282 g/mol. The molecule has 0 aliphatic rings. The molecule has 21 heavy (non-hydrogen) atoms. The van der Waals surface area contributed by atoms with E-state index in [0.29, 0.717) is 0 Å². The molecule has 0 aromatic carbocycles. The van der Waals surface area contributed by atoms with Crippen molar-refractivity contribution in [2.45, 2.75) is 64.8 Å². The van der Waals surface area contributed by atoms with Crippen molar-refractivity contribution in [3.05, 3.63) is 24.2 Å². The molecule has 0 spiro atoms. The van der Waals surface area contributed by atoms with E-state index in [4.69, 9.17) is 11.6 Å². The predicted octanol–water partition coefficient (Wildman–Crippen LogP) is 5.34. The second-order valence-corrected chi connectivity index (χ2v) is 6.84. The topological polar surface area (TPSA) is 30.7 Å². The van der Waals surface area contributed by atoms with Crippen molar-refractivity contribution in [2.24, 2.45) is 5.92 Å². The van der Waals surface area contributed by atoms with Gasteiger partial charge in [0.05, 0.1) is 5.38 Å². The highest BCUT2D eigenvalue weighted by molar-refractivity contribution is 6.20. The number of aromatic nitrogens is 3. The minimum absolute atomic E-state index is 0.0832. The Morgan fingerprint density at radius 2 is 1.90 bits per heavy atom. The van der Waals surface area contributed by atoms with Crippen LogP contribution < -0.4 is 0 Å². The average Bonchev–Trinajstić information content (AvgIpc) is 2.81. The summed E-state index contributed by atoms with van der Waals surface area (Å²) in [7, 11) is 0. The Kier molecular flexibility index (Phi) is 6.04. The van der Waals surface area contributed by atoms with Gasteiger partial charge in [-0.15, -0.1) is 11.6 Å². The molecule has 0 radical (unpaired) electrons. The number of pyridine rings is 1. The zero-order valence-electron chi connectivity index (χ0n) is 13.3. The standard InChI is InChI=1S/C17H26ClN3/c1-13(2)9-6-4-5-7-12-21-16(14(3)18)20-15-10-8-11-19-17(15)21/h8,10-11,13-14H,4-7,9,12H2,1-3H3. The van der Waals surface area contributed by atoms with Gasteiger partial charge in [-0.1, -0.05) is 39.5 Å². The zero-order valence-corrected chi connectivity index (χ0v) is 14.1. The van der Waals surface area contributed by atoms with Crippen LogP contribution in [-0.4, -0.2) is 14.5 Å². The maximum atomic E-state index is 6.27. The Morgan fingerprint density at radius 1 is 1.14 bits per heavy atom. The van der Waals surface area contributed by atoms with Crippen LogP contribution in [0.1, 0.15) is 64.1 Å². The number of unbranched alkanes of at least 4 members (excludes halogenated alkanes) is 3. The lowest BCUT2D eigenvalue weighted by molar-refractivity contribution is 0.504. The maximum absolute atomic E-state index is 6.27. The number of alkyl halides is 1. The van der Waals surface area contributed by atoms with Crippen LogP contribution >= 0.6 is 11.6 Å². The first-order chi connectivity index (χ1) is 10.1. The van der Waals surface area contributed by atoms with Crippen molar-refractivity contribution in [3.8, 4) is 0 Å². The SMILES string of the molecule is CC(C)CCCCCCn1c(C(C)Cl)nc2cccnc21. The number of rotatable bonds is 8. The molecule has 0 aliphatic heterocycles. The molecule has 0 bridgehead atoms. The number of fused-ring (bicyclic) bond motifs is 1. The number of halogens is 1. The van der Waals surface area contributed by atoms with E-state index in [-0.39, 0.29) is 5.38 Å². The van der Waals surface area contributed by atoms with Crippen molar-refractivity contribution in [1.29, 1.82) is 0 Å². The van der Waals surface area contributed by atoms with E-state index in [2.05, 4.69) is 28.4 Å². The van der Waals surface area contributed by atoms with E-state index >= 15 is 0 Å². The van der Waals surface area contributed by atoms with Gasteiger partial charge in [-0.3, -0.25) is 0 Å². The molecule has 2 aromatic heterocycles. The molecule has 2 rings (SSSR count). The monoisotopic (exact) mass is 307 g/mol. The molecule has 0 aliphatic carbocycles. The second kappa shape index (κ2) is 7.79. The van der Waals surface area contributed by atoms with Crippen LogP contribution in [0, 0.1) is 5.92 Å². The fourth-order valence-electron chi connectivity index (χ4n) is 2.68. The molecule has 0 saturated heterocycles. The summed E-state index contributed by atoms with van der Waals surface area (Å²) in [6.07, 6.45) is 8.22. The van der Waals surface area contributed by atoms with Crippen molar-refractivity contribution < 1.29 is 0 Å². The molecule has 1 unspecified atom stereocenters. The summed E-state index contributed by atoms with van der Waals surface area (Å²) >= 11 is 6.27. The third kappa shape index (κ3) is 4.44. The third-order valence-corrected chi connectivity index (χ3v) is 4.00. The molecule has 3 nitrogen and oxygen atoms in total. The van der Waals surface area contributed by atoms with Crippen molar-refractivity contribution >= 4 is 22.8 Å². The van der Waals surface area contributed by atoms with Gasteiger partial charge in [0.25, 0.3) is 0 Å². The summed E-state index contributed by atoms with van der Waals surface area (Å²) in [6.45, 7) is 7.51. The van der Waals surface area contributed by atoms with Crippen molar-refractivity contribution in [3.63, 3.8) is 0 Å². The van der Waals surface area contributed by atoms with Gasteiger partial charge in [-0.25, -0.2) is 9.97 Å². The second-order valence-electron chi connectivity index (χ2n) is 6.18. The van der Waals surface area contributed by atoms with E-state index in [9.17, 15) is 0 Å². The number of hydrogen-bond donors (Lipinski definition) is 0. The highest BCUT2D eigenvalue weighted by Crippen LogP contribution is 2.24. The Morgan fingerprint density at radius 3 is 2.62 bits per heavy atom. The van der Waals surface area contributed by atoms with E-state index in [1.807, 2.05) is 25.3 Å². The smallest absolute Gasteiger partial charge is 0.160 e. The molecule has 4 heteroatoms. The van der Waals surface area contributed by atoms with Crippen LogP contribution in [0.4, 0.5) is 0 Å². The molecule has 1 atom stereocenters. The number of imidazole rings is 1. The lowest BCUT2D eigenvalue weighted by Crippen LogP contribution is -2.05. The van der Waals surface area contributed by atoms with Gasteiger partial charge >= 0.3 is 0 Å². The summed E-state index contributed by atoms with van der Waals surface area (Å²) in [5.74, 6) is 1.75.